The maximum atomic E-state index is 12.5. The summed E-state index contributed by atoms with van der Waals surface area (Å²) in [5, 5.41) is 17.1. The average Bonchev–Trinajstić information content (AvgIpc) is 2.98. The van der Waals surface area contributed by atoms with E-state index in [9.17, 15) is 14.7 Å². The molecular weight excluding hydrogens is 332 g/mol. The van der Waals surface area contributed by atoms with Crippen LogP contribution in [-0.2, 0) is 4.79 Å². The summed E-state index contributed by atoms with van der Waals surface area (Å²) in [4.78, 5) is 28.2. The van der Waals surface area contributed by atoms with Crippen LogP contribution in [0, 0.1) is 6.92 Å². The molecule has 0 saturated heterocycles. The highest BCUT2D eigenvalue weighted by molar-refractivity contribution is 5.97. The van der Waals surface area contributed by atoms with E-state index in [-0.39, 0.29) is 5.69 Å². The molecule has 0 spiro atoms. The molecule has 0 aliphatic rings. The second-order valence-corrected chi connectivity index (χ2v) is 6.05. The van der Waals surface area contributed by atoms with Crippen LogP contribution in [0.1, 0.15) is 35.9 Å². The highest BCUT2D eigenvalue weighted by atomic mass is 16.4. The standard InChI is InChI=1S/C19H20N4O3/c1-3-7-16(19(25)26)21-18(24)15-11-10-14-12(2)22-23(17(14)20-15)13-8-5-4-6-9-13/h4-6,8-11,16H,3,7H2,1-2H3,(H,21,24)(H,25,26). The van der Waals surface area contributed by atoms with Crippen LogP contribution < -0.4 is 5.32 Å². The summed E-state index contributed by atoms with van der Waals surface area (Å²) in [6, 6.07) is 12.0. The molecule has 3 aromatic rings. The number of aryl methyl sites for hydroxylation is 1. The molecule has 2 heterocycles. The molecule has 0 fully saturated rings. The lowest BCUT2D eigenvalue weighted by molar-refractivity contribution is -0.139. The predicted octanol–water partition coefficient (Wildman–Crippen LogP) is 2.71. The third kappa shape index (κ3) is 3.42. The van der Waals surface area contributed by atoms with Gasteiger partial charge in [-0.25, -0.2) is 14.5 Å². The monoisotopic (exact) mass is 352 g/mol. The van der Waals surface area contributed by atoms with E-state index in [0.717, 1.165) is 16.8 Å². The highest BCUT2D eigenvalue weighted by Gasteiger charge is 2.21. The van der Waals surface area contributed by atoms with Crippen molar-refractivity contribution in [3.8, 4) is 5.69 Å². The van der Waals surface area contributed by atoms with Crippen molar-refractivity contribution in [2.45, 2.75) is 32.7 Å². The Kier molecular flexibility index (Phi) is 4.97. The van der Waals surface area contributed by atoms with E-state index in [1.807, 2.05) is 44.2 Å². The number of carboxylic acid groups (broad SMARTS) is 1. The van der Waals surface area contributed by atoms with Gasteiger partial charge in [0.1, 0.15) is 11.7 Å². The molecule has 134 valence electrons. The Hall–Kier alpha value is -3.22. The van der Waals surface area contributed by atoms with Crippen LogP contribution in [0.2, 0.25) is 0 Å². The zero-order chi connectivity index (χ0) is 18.7. The molecule has 3 rings (SSSR count). The Bertz CT molecular complexity index is 950. The van der Waals surface area contributed by atoms with Gasteiger partial charge in [0.15, 0.2) is 5.65 Å². The van der Waals surface area contributed by atoms with Crippen molar-refractivity contribution in [3.63, 3.8) is 0 Å². The van der Waals surface area contributed by atoms with Crippen LogP contribution >= 0.6 is 0 Å². The maximum absolute atomic E-state index is 12.5. The number of carbonyl (C=O) groups excluding carboxylic acids is 1. The van der Waals surface area contributed by atoms with Gasteiger partial charge < -0.3 is 10.4 Å². The lowest BCUT2D eigenvalue weighted by atomic mass is 10.1. The Labute approximate surface area is 150 Å². The van der Waals surface area contributed by atoms with Crippen LogP contribution in [0.25, 0.3) is 16.7 Å². The SMILES string of the molecule is CCCC(NC(=O)c1ccc2c(C)nn(-c3ccccc3)c2n1)C(=O)O. The first-order chi connectivity index (χ1) is 12.5. The highest BCUT2D eigenvalue weighted by Crippen LogP contribution is 2.20. The molecule has 7 nitrogen and oxygen atoms in total. The molecule has 0 aliphatic heterocycles. The van der Waals surface area contributed by atoms with E-state index < -0.39 is 17.9 Å². The van der Waals surface area contributed by atoms with E-state index in [0.29, 0.717) is 18.5 Å². The van der Waals surface area contributed by atoms with Gasteiger partial charge in [0.25, 0.3) is 5.91 Å². The summed E-state index contributed by atoms with van der Waals surface area (Å²) in [6.45, 7) is 3.75. The van der Waals surface area contributed by atoms with Crippen LogP contribution in [0.3, 0.4) is 0 Å². The molecule has 2 aromatic heterocycles. The van der Waals surface area contributed by atoms with Crippen molar-refractivity contribution in [1.29, 1.82) is 0 Å². The van der Waals surface area contributed by atoms with Gasteiger partial charge >= 0.3 is 5.97 Å². The molecule has 2 N–H and O–H groups in total. The normalized spacial score (nSPS) is 12.1. The number of hydrogen-bond donors (Lipinski definition) is 2. The fraction of sp³-hybridized carbons (Fsp3) is 0.263. The minimum absolute atomic E-state index is 0.164. The molecule has 26 heavy (non-hydrogen) atoms. The van der Waals surface area contributed by atoms with E-state index in [2.05, 4.69) is 15.4 Å². The number of fused-ring (bicyclic) bond motifs is 1. The topological polar surface area (TPSA) is 97.1 Å². The molecule has 0 saturated carbocycles. The number of nitrogens with zero attached hydrogens (tertiary/aromatic N) is 3. The van der Waals surface area contributed by atoms with Crippen molar-refractivity contribution in [3.05, 3.63) is 53.9 Å². The van der Waals surface area contributed by atoms with Gasteiger partial charge in [-0.15, -0.1) is 0 Å². The number of aromatic nitrogens is 3. The molecule has 0 aliphatic carbocycles. The Morgan fingerprint density at radius 3 is 2.58 bits per heavy atom. The minimum Gasteiger partial charge on any atom is -0.480 e. The largest absolute Gasteiger partial charge is 0.480 e. The lowest BCUT2D eigenvalue weighted by Crippen LogP contribution is -2.40. The Morgan fingerprint density at radius 2 is 1.92 bits per heavy atom. The number of rotatable bonds is 6. The van der Waals surface area contributed by atoms with Crippen LogP contribution in [0.5, 0.6) is 0 Å². The summed E-state index contributed by atoms with van der Waals surface area (Å²) in [7, 11) is 0. The average molecular weight is 352 g/mol. The fourth-order valence-electron chi connectivity index (χ4n) is 2.80. The molecule has 7 heteroatoms. The number of carboxylic acids is 1. The first-order valence-electron chi connectivity index (χ1n) is 8.46. The molecule has 0 radical (unpaired) electrons. The second-order valence-electron chi connectivity index (χ2n) is 6.05. The van der Waals surface area contributed by atoms with Gasteiger partial charge in [-0.05, 0) is 37.6 Å². The summed E-state index contributed by atoms with van der Waals surface area (Å²) in [5.74, 6) is -1.56. The molecule has 1 atom stereocenters. The van der Waals surface area contributed by atoms with Gasteiger partial charge in [-0.3, -0.25) is 4.79 Å². The summed E-state index contributed by atoms with van der Waals surface area (Å²) in [5.41, 5.74) is 2.36. The van der Waals surface area contributed by atoms with Crippen LogP contribution in [0.4, 0.5) is 0 Å². The minimum atomic E-state index is -1.05. The number of hydrogen-bond acceptors (Lipinski definition) is 4. The zero-order valence-corrected chi connectivity index (χ0v) is 14.6. The van der Waals surface area contributed by atoms with Crippen molar-refractivity contribution in [2.24, 2.45) is 0 Å². The van der Waals surface area contributed by atoms with E-state index in [4.69, 9.17) is 0 Å². The number of pyridine rings is 1. The van der Waals surface area contributed by atoms with Crippen molar-refractivity contribution in [1.82, 2.24) is 20.1 Å². The molecule has 0 bridgehead atoms. The van der Waals surface area contributed by atoms with E-state index in [1.54, 1.807) is 16.8 Å². The summed E-state index contributed by atoms with van der Waals surface area (Å²) < 4.78 is 1.68. The first kappa shape index (κ1) is 17.6. The van der Waals surface area contributed by atoms with Gasteiger partial charge in [0.2, 0.25) is 0 Å². The maximum Gasteiger partial charge on any atom is 0.326 e. The van der Waals surface area contributed by atoms with Gasteiger partial charge in [0, 0.05) is 5.39 Å². The predicted molar refractivity (Wildman–Crippen MR) is 97.4 cm³/mol. The molecule has 1 amide bonds. The second kappa shape index (κ2) is 7.35. The molecule has 1 unspecified atom stereocenters. The quantitative estimate of drug-likeness (QED) is 0.711. The first-order valence-corrected chi connectivity index (χ1v) is 8.46. The van der Waals surface area contributed by atoms with Crippen molar-refractivity contribution >= 4 is 22.9 Å². The van der Waals surface area contributed by atoms with Crippen molar-refractivity contribution < 1.29 is 14.7 Å². The van der Waals surface area contributed by atoms with Crippen LogP contribution in [0.15, 0.2) is 42.5 Å². The number of carbonyl (C=O) groups is 2. The Balaban J connectivity index is 1.98. The number of aliphatic carboxylic acids is 1. The van der Waals surface area contributed by atoms with E-state index in [1.165, 1.54) is 0 Å². The molecular formula is C19H20N4O3. The fourth-order valence-corrected chi connectivity index (χ4v) is 2.80. The number of para-hydroxylation sites is 1. The van der Waals surface area contributed by atoms with Crippen LogP contribution in [-0.4, -0.2) is 37.8 Å². The lowest BCUT2D eigenvalue weighted by Gasteiger charge is -2.13. The Morgan fingerprint density at radius 1 is 1.19 bits per heavy atom. The third-order valence-corrected chi connectivity index (χ3v) is 4.13. The number of amides is 1. The van der Waals surface area contributed by atoms with Gasteiger partial charge in [-0.2, -0.15) is 5.10 Å². The number of benzene rings is 1. The van der Waals surface area contributed by atoms with Gasteiger partial charge in [0.05, 0.1) is 11.4 Å². The third-order valence-electron chi connectivity index (χ3n) is 4.13. The van der Waals surface area contributed by atoms with Crippen molar-refractivity contribution in [2.75, 3.05) is 0 Å². The van der Waals surface area contributed by atoms with Gasteiger partial charge in [-0.1, -0.05) is 31.5 Å². The zero-order valence-electron chi connectivity index (χ0n) is 14.6. The molecule has 1 aromatic carbocycles. The summed E-state index contributed by atoms with van der Waals surface area (Å²) in [6.07, 6.45) is 1.02. The van der Waals surface area contributed by atoms with E-state index >= 15 is 0 Å². The smallest absolute Gasteiger partial charge is 0.326 e. The summed E-state index contributed by atoms with van der Waals surface area (Å²) >= 11 is 0. The number of nitrogens with one attached hydrogen (secondary N) is 1.